The highest BCUT2D eigenvalue weighted by atomic mass is 16.5. The molecule has 0 aliphatic carbocycles. The lowest BCUT2D eigenvalue weighted by Gasteiger charge is -2.29. The molecule has 4 rings (SSSR count). The first kappa shape index (κ1) is 20.0. The van der Waals surface area contributed by atoms with Gasteiger partial charge in [0.15, 0.2) is 5.58 Å². The van der Waals surface area contributed by atoms with Crippen LogP contribution in [0.25, 0.3) is 22.6 Å². The number of hydrogen-bond acceptors (Lipinski definition) is 6. The summed E-state index contributed by atoms with van der Waals surface area (Å²) in [5.41, 5.74) is 10.9. The molecule has 0 unspecified atom stereocenters. The number of hydrogen-bond donors (Lipinski definition) is 3. The van der Waals surface area contributed by atoms with Crippen LogP contribution >= 0.6 is 0 Å². The molecule has 2 heterocycles. The number of aromatic nitrogens is 1. The highest BCUT2D eigenvalue weighted by Gasteiger charge is 2.22. The monoisotopic (exact) mass is 410 g/mol. The van der Waals surface area contributed by atoms with Crippen LogP contribution in [0.3, 0.4) is 0 Å². The summed E-state index contributed by atoms with van der Waals surface area (Å²) >= 11 is 0. The number of nitrogens with two attached hydrogens (primary N) is 1. The van der Waals surface area contributed by atoms with E-state index >= 15 is 0 Å². The molecule has 8 nitrogen and oxygen atoms in total. The van der Waals surface area contributed by atoms with E-state index in [9.17, 15) is 4.79 Å². The first-order valence-corrected chi connectivity index (χ1v) is 10.1. The number of fused-ring (bicyclic) bond motifs is 1. The first-order valence-electron chi connectivity index (χ1n) is 10.1. The molecule has 1 aromatic heterocycles. The van der Waals surface area contributed by atoms with Crippen molar-refractivity contribution in [3.05, 3.63) is 42.0 Å². The number of aryl methyl sites for hydroxylation is 1. The summed E-state index contributed by atoms with van der Waals surface area (Å²) in [5, 5.41) is 12.3. The lowest BCUT2D eigenvalue weighted by Crippen LogP contribution is -2.40. The smallest absolute Gasteiger partial charge is 0.407 e. The number of ether oxygens (including phenoxy) is 1. The van der Waals surface area contributed by atoms with Crippen molar-refractivity contribution >= 4 is 28.6 Å². The van der Waals surface area contributed by atoms with Crippen LogP contribution in [0.2, 0.25) is 0 Å². The van der Waals surface area contributed by atoms with Gasteiger partial charge in [0.1, 0.15) is 5.52 Å². The minimum atomic E-state index is -0.851. The van der Waals surface area contributed by atoms with Crippen molar-refractivity contribution in [1.29, 1.82) is 0 Å². The van der Waals surface area contributed by atoms with Crippen molar-refractivity contribution in [2.45, 2.75) is 25.9 Å². The van der Waals surface area contributed by atoms with Crippen molar-refractivity contribution in [1.82, 2.24) is 9.88 Å². The minimum Gasteiger partial charge on any atom is -0.465 e. The molecule has 1 amide bonds. The maximum absolute atomic E-state index is 10.9. The lowest BCUT2D eigenvalue weighted by molar-refractivity contribution is 0.0151. The third-order valence-electron chi connectivity index (χ3n) is 5.33. The first-order chi connectivity index (χ1) is 14.5. The van der Waals surface area contributed by atoms with Crippen molar-refractivity contribution in [3.63, 3.8) is 0 Å². The molecule has 4 N–H and O–H groups in total. The van der Waals surface area contributed by atoms with Gasteiger partial charge >= 0.3 is 6.09 Å². The molecule has 2 aromatic carbocycles. The number of nitrogens with zero attached hydrogens (tertiary/aromatic N) is 2. The van der Waals surface area contributed by atoms with Gasteiger partial charge in [-0.25, -0.2) is 9.78 Å². The Bertz CT molecular complexity index is 1020. The van der Waals surface area contributed by atoms with E-state index in [0.717, 1.165) is 40.8 Å². The summed E-state index contributed by atoms with van der Waals surface area (Å²) in [4.78, 5) is 16.9. The van der Waals surface area contributed by atoms with E-state index in [2.05, 4.69) is 10.3 Å². The molecule has 0 spiro atoms. The van der Waals surface area contributed by atoms with Gasteiger partial charge in [0.25, 0.3) is 0 Å². The number of nitrogen functional groups attached to an aromatic ring is 1. The second-order valence-electron chi connectivity index (χ2n) is 7.55. The molecule has 0 radical (unpaired) electrons. The lowest BCUT2D eigenvalue weighted by atomic mass is 10.1. The SMILES string of the molecule is Cc1cc(N)cc2nc(-c3ccc(NCCOC4CCN(C(=O)O)CC4)cc3)oc12. The van der Waals surface area contributed by atoms with E-state index in [1.165, 1.54) is 4.90 Å². The fourth-order valence-corrected chi connectivity index (χ4v) is 3.72. The van der Waals surface area contributed by atoms with Crippen molar-refractivity contribution in [3.8, 4) is 11.5 Å². The van der Waals surface area contributed by atoms with Crippen molar-refractivity contribution in [2.24, 2.45) is 0 Å². The fraction of sp³-hybridized carbons (Fsp3) is 0.364. The Morgan fingerprint density at radius 1 is 1.30 bits per heavy atom. The quantitative estimate of drug-likeness (QED) is 0.416. The molecule has 0 bridgehead atoms. The summed E-state index contributed by atoms with van der Waals surface area (Å²) in [5.74, 6) is 0.571. The molecular formula is C22H26N4O4. The van der Waals surface area contributed by atoms with Crippen LogP contribution in [-0.2, 0) is 4.74 Å². The number of benzene rings is 2. The van der Waals surface area contributed by atoms with Crippen LogP contribution in [0.5, 0.6) is 0 Å². The molecule has 158 valence electrons. The normalized spacial score (nSPS) is 14.9. The third kappa shape index (κ3) is 4.49. The molecule has 3 aromatic rings. The zero-order chi connectivity index (χ0) is 21.1. The highest BCUT2D eigenvalue weighted by molar-refractivity contribution is 5.82. The maximum Gasteiger partial charge on any atom is 0.407 e. The van der Waals surface area contributed by atoms with Gasteiger partial charge in [-0.2, -0.15) is 0 Å². The zero-order valence-corrected chi connectivity index (χ0v) is 16.9. The summed E-state index contributed by atoms with van der Waals surface area (Å²) in [6, 6.07) is 11.6. The molecule has 0 atom stereocenters. The summed E-state index contributed by atoms with van der Waals surface area (Å²) in [6.07, 6.45) is 0.768. The van der Waals surface area contributed by atoms with Crippen LogP contribution in [0.4, 0.5) is 16.2 Å². The van der Waals surface area contributed by atoms with E-state index in [0.29, 0.717) is 37.8 Å². The number of carbonyl (C=O) groups is 1. The Hall–Kier alpha value is -3.26. The Labute approximate surface area is 174 Å². The number of anilines is 2. The Morgan fingerprint density at radius 3 is 2.73 bits per heavy atom. The predicted molar refractivity (Wildman–Crippen MR) is 116 cm³/mol. The van der Waals surface area contributed by atoms with Gasteiger partial charge in [-0.15, -0.1) is 0 Å². The van der Waals surface area contributed by atoms with Gasteiger partial charge in [0, 0.05) is 36.6 Å². The zero-order valence-electron chi connectivity index (χ0n) is 16.9. The number of amides is 1. The molecule has 30 heavy (non-hydrogen) atoms. The van der Waals surface area contributed by atoms with Gasteiger partial charge in [-0.1, -0.05) is 0 Å². The molecule has 1 aliphatic rings. The molecule has 0 saturated carbocycles. The topological polar surface area (TPSA) is 114 Å². The third-order valence-corrected chi connectivity index (χ3v) is 5.33. The van der Waals surface area contributed by atoms with E-state index in [-0.39, 0.29) is 6.10 Å². The molecule has 1 aliphatic heterocycles. The second-order valence-corrected chi connectivity index (χ2v) is 7.55. The summed E-state index contributed by atoms with van der Waals surface area (Å²) in [6.45, 7) is 4.29. The summed E-state index contributed by atoms with van der Waals surface area (Å²) < 4.78 is 11.8. The molecular weight excluding hydrogens is 384 g/mol. The van der Waals surface area contributed by atoms with Gasteiger partial charge in [0.2, 0.25) is 5.89 Å². The van der Waals surface area contributed by atoms with E-state index in [4.69, 9.17) is 20.0 Å². The van der Waals surface area contributed by atoms with Crippen LogP contribution in [0.1, 0.15) is 18.4 Å². The Kier molecular flexibility index (Phi) is 5.76. The number of likely N-dealkylation sites (tertiary alicyclic amines) is 1. The van der Waals surface area contributed by atoms with E-state index < -0.39 is 6.09 Å². The van der Waals surface area contributed by atoms with Crippen molar-refractivity contribution in [2.75, 3.05) is 37.3 Å². The maximum atomic E-state index is 10.9. The fourth-order valence-electron chi connectivity index (χ4n) is 3.72. The van der Waals surface area contributed by atoms with Crippen LogP contribution in [0, 0.1) is 6.92 Å². The number of rotatable bonds is 6. The Morgan fingerprint density at radius 2 is 2.03 bits per heavy atom. The Balaban J connectivity index is 1.27. The van der Waals surface area contributed by atoms with Gasteiger partial charge in [0.05, 0.1) is 12.7 Å². The van der Waals surface area contributed by atoms with Crippen molar-refractivity contribution < 1.29 is 19.1 Å². The second kappa shape index (κ2) is 8.62. The molecule has 1 fully saturated rings. The molecule has 8 heteroatoms. The molecule has 1 saturated heterocycles. The van der Waals surface area contributed by atoms with E-state index in [1.54, 1.807) is 0 Å². The largest absolute Gasteiger partial charge is 0.465 e. The van der Waals surface area contributed by atoms with Crippen LogP contribution in [0.15, 0.2) is 40.8 Å². The number of oxazole rings is 1. The van der Waals surface area contributed by atoms with Gasteiger partial charge < -0.3 is 30.2 Å². The van der Waals surface area contributed by atoms with Crippen LogP contribution in [-0.4, -0.2) is 53.4 Å². The minimum absolute atomic E-state index is 0.126. The van der Waals surface area contributed by atoms with E-state index in [1.807, 2.05) is 43.3 Å². The predicted octanol–water partition coefficient (Wildman–Crippen LogP) is 3.96. The standard InChI is InChI=1S/C22H26N4O4/c1-14-12-16(23)13-19-20(14)30-21(25-19)15-2-4-17(5-3-15)24-8-11-29-18-6-9-26(10-7-18)22(27)28/h2-5,12-13,18,24H,6-11,23H2,1H3,(H,27,28). The van der Waals surface area contributed by atoms with Crippen LogP contribution < -0.4 is 11.1 Å². The summed E-state index contributed by atoms with van der Waals surface area (Å²) in [7, 11) is 0. The average Bonchev–Trinajstić information content (AvgIpc) is 3.16. The van der Waals surface area contributed by atoms with Gasteiger partial charge in [-0.05, 0) is 61.7 Å². The van der Waals surface area contributed by atoms with Gasteiger partial charge in [-0.3, -0.25) is 0 Å². The highest BCUT2D eigenvalue weighted by Crippen LogP contribution is 2.28. The number of nitrogens with one attached hydrogen (secondary N) is 1. The average molecular weight is 410 g/mol. The number of carboxylic acid groups (broad SMARTS) is 1. The number of piperidine rings is 1.